The number of hydrogen-bond acceptors (Lipinski definition) is 3. The van der Waals surface area contributed by atoms with E-state index in [0.717, 1.165) is 24.8 Å². The van der Waals surface area contributed by atoms with Gasteiger partial charge in [-0.2, -0.15) is 0 Å². The van der Waals surface area contributed by atoms with Gasteiger partial charge in [-0.05, 0) is 55.2 Å². The second-order valence-electron chi connectivity index (χ2n) is 5.95. The number of nitrogens with zero attached hydrogens (tertiary/aromatic N) is 1. The highest BCUT2D eigenvalue weighted by Gasteiger charge is 2.29. The molecule has 1 N–H and O–H groups in total. The fourth-order valence-electron chi connectivity index (χ4n) is 3.18. The third-order valence-corrected chi connectivity index (χ3v) is 4.45. The molecule has 0 aromatic heterocycles. The third-order valence-electron chi connectivity index (χ3n) is 4.45. The lowest BCUT2D eigenvalue weighted by molar-refractivity contribution is 0.0611. The smallest absolute Gasteiger partial charge is 0.254 e. The average molecular weight is 329 g/mol. The van der Waals surface area contributed by atoms with E-state index in [1.165, 1.54) is 25.3 Å². The number of benzene rings is 2. The third kappa shape index (κ3) is 3.20. The monoisotopic (exact) mass is 329 g/mol. The van der Waals surface area contributed by atoms with Crippen molar-refractivity contribution in [1.29, 1.82) is 0 Å². The molecule has 126 valence electrons. The normalized spacial score (nSPS) is 17.6. The Balaban J connectivity index is 1.90. The summed E-state index contributed by atoms with van der Waals surface area (Å²) in [7, 11) is 1.45. The van der Waals surface area contributed by atoms with E-state index in [-0.39, 0.29) is 29.3 Å². The lowest BCUT2D eigenvalue weighted by Gasteiger charge is -2.36. The fraction of sp³-hybridized carbons (Fsp3) is 0.316. The number of phenolic OH excluding ortho intramolecular Hbond substituents is 1. The van der Waals surface area contributed by atoms with Crippen LogP contribution in [-0.2, 0) is 0 Å². The summed E-state index contributed by atoms with van der Waals surface area (Å²) in [5.74, 6) is -0.114. The maximum absolute atomic E-state index is 13.2. The summed E-state index contributed by atoms with van der Waals surface area (Å²) in [6.07, 6.45) is 2.83. The fourth-order valence-corrected chi connectivity index (χ4v) is 3.18. The number of carbonyl (C=O) groups excluding carboxylic acids is 1. The van der Waals surface area contributed by atoms with Crippen molar-refractivity contribution in [3.8, 4) is 11.5 Å². The van der Waals surface area contributed by atoms with Gasteiger partial charge in [-0.3, -0.25) is 4.79 Å². The molecule has 0 unspecified atom stereocenters. The van der Waals surface area contributed by atoms with Gasteiger partial charge in [0.15, 0.2) is 11.5 Å². The van der Waals surface area contributed by atoms with Gasteiger partial charge in [-0.1, -0.05) is 12.1 Å². The Bertz CT molecular complexity index is 730. The number of methoxy groups -OCH3 is 1. The van der Waals surface area contributed by atoms with Crippen LogP contribution in [0.4, 0.5) is 4.39 Å². The van der Waals surface area contributed by atoms with E-state index in [0.29, 0.717) is 12.1 Å². The van der Waals surface area contributed by atoms with Crippen molar-refractivity contribution >= 4 is 5.91 Å². The van der Waals surface area contributed by atoms with E-state index >= 15 is 0 Å². The van der Waals surface area contributed by atoms with Crippen LogP contribution in [0.3, 0.4) is 0 Å². The van der Waals surface area contributed by atoms with Crippen LogP contribution in [0, 0.1) is 5.82 Å². The molecule has 0 bridgehead atoms. The van der Waals surface area contributed by atoms with Gasteiger partial charge in [0, 0.05) is 12.1 Å². The molecule has 24 heavy (non-hydrogen) atoms. The van der Waals surface area contributed by atoms with E-state index in [2.05, 4.69) is 0 Å². The molecule has 0 aliphatic carbocycles. The van der Waals surface area contributed by atoms with Crippen molar-refractivity contribution in [3.63, 3.8) is 0 Å². The van der Waals surface area contributed by atoms with Gasteiger partial charge in [-0.15, -0.1) is 0 Å². The lowest BCUT2D eigenvalue weighted by atomic mass is 9.94. The molecule has 1 aliphatic rings. The molecular weight excluding hydrogens is 309 g/mol. The molecule has 1 amide bonds. The summed E-state index contributed by atoms with van der Waals surface area (Å²) in [6.45, 7) is 0.657. The standard InChI is InChI=1S/C19H20FNO3/c1-24-18-12-14(7-10-17(18)22)19(23)21-11-3-2-4-16(21)13-5-8-15(20)9-6-13/h5-10,12,16,22H,2-4,11H2,1H3/t16-/m1/s1. The first-order chi connectivity index (χ1) is 11.6. The summed E-state index contributed by atoms with van der Waals surface area (Å²) >= 11 is 0. The zero-order valence-corrected chi connectivity index (χ0v) is 13.5. The number of likely N-dealkylation sites (tertiary alicyclic amines) is 1. The maximum Gasteiger partial charge on any atom is 0.254 e. The maximum atomic E-state index is 13.2. The van der Waals surface area contributed by atoms with Crippen molar-refractivity contribution in [2.75, 3.05) is 13.7 Å². The van der Waals surface area contributed by atoms with Crippen molar-refractivity contribution in [2.24, 2.45) is 0 Å². The molecule has 1 atom stereocenters. The van der Waals surface area contributed by atoms with Gasteiger partial charge in [0.25, 0.3) is 5.91 Å². The van der Waals surface area contributed by atoms with Crippen LogP contribution in [0.15, 0.2) is 42.5 Å². The van der Waals surface area contributed by atoms with Gasteiger partial charge >= 0.3 is 0 Å². The Morgan fingerprint density at radius 3 is 2.67 bits per heavy atom. The van der Waals surface area contributed by atoms with E-state index in [1.807, 2.05) is 4.90 Å². The van der Waals surface area contributed by atoms with Crippen molar-refractivity contribution < 1.29 is 19.0 Å². The quantitative estimate of drug-likeness (QED) is 0.929. The number of piperidine rings is 1. The molecule has 1 heterocycles. The van der Waals surface area contributed by atoms with Crippen LogP contribution in [0.5, 0.6) is 11.5 Å². The number of carbonyl (C=O) groups is 1. The minimum atomic E-state index is -0.282. The van der Waals surface area contributed by atoms with Crippen LogP contribution in [0.2, 0.25) is 0 Å². The molecule has 5 heteroatoms. The van der Waals surface area contributed by atoms with E-state index in [1.54, 1.807) is 24.3 Å². The van der Waals surface area contributed by atoms with Crippen LogP contribution in [0.25, 0.3) is 0 Å². The highest BCUT2D eigenvalue weighted by Crippen LogP contribution is 2.33. The highest BCUT2D eigenvalue weighted by atomic mass is 19.1. The number of phenols is 1. The number of rotatable bonds is 3. The number of aromatic hydroxyl groups is 1. The second kappa shape index (κ2) is 6.91. The molecule has 1 saturated heterocycles. The first kappa shape index (κ1) is 16.3. The van der Waals surface area contributed by atoms with Gasteiger partial charge in [0.2, 0.25) is 0 Å². The Labute approximate surface area is 140 Å². The van der Waals surface area contributed by atoms with E-state index in [9.17, 15) is 14.3 Å². The molecular formula is C19H20FNO3. The molecule has 0 spiro atoms. The molecule has 2 aromatic carbocycles. The summed E-state index contributed by atoms with van der Waals surface area (Å²) < 4.78 is 18.3. The summed E-state index contributed by atoms with van der Waals surface area (Å²) in [5, 5.41) is 9.70. The molecule has 1 aliphatic heterocycles. The minimum absolute atomic E-state index is 0.00257. The molecule has 0 saturated carbocycles. The topological polar surface area (TPSA) is 49.8 Å². The first-order valence-electron chi connectivity index (χ1n) is 8.03. The summed E-state index contributed by atoms with van der Waals surface area (Å²) in [5.41, 5.74) is 1.41. The van der Waals surface area contributed by atoms with Crippen molar-refractivity contribution in [3.05, 3.63) is 59.4 Å². The first-order valence-corrected chi connectivity index (χ1v) is 8.03. The minimum Gasteiger partial charge on any atom is -0.504 e. The molecule has 1 fully saturated rings. The zero-order chi connectivity index (χ0) is 17.1. The Kier molecular flexibility index (Phi) is 4.69. The van der Waals surface area contributed by atoms with Gasteiger partial charge in [-0.25, -0.2) is 4.39 Å². The van der Waals surface area contributed by atoms with Crippen LogP contribution in [0.1, 0.15) is 41.2 Å². The Hall–Kier alpha value is -2.56. The average Bonchev–Trinajstić information content (AvgIpc) is 2.62. The SMILES string of the molecule is COc1cc(C(=O)N2CCCC[C@@H]2c2ccc(F)cc2)ccc1O. The van der Waals surface area contributed by atoms with E-state index in [4.69, 9.17) is 4.74 Å². The van der Waals surface area contributed by atoms with E-state index < -0.39 is 0 Å². The van der Waals surface area contributed by atoms with Crippen molar-refractivity contribution in [2.45, 2.75) is 25.3 Å². The Morgan fingerprint density at radius 2 is 1.96 bits per heavy atom. The molecule has 4 nitrogen and oxygen atoms in total. The number of amides is 1. The number of ether oxygens (including phenoxy) is 1. The van der Waals surface area contributed by atoms with Gasteiger partial charge in [0.05, 0.1) is 13.2 Å². The largest absolute Gasteiger partial charge is 0.504 e. The molecule has 2 aromatic rings. The summed E-state index contributed by atoms with van der Waals surface area (Å²) in [6, 6.07) is 10.9. The molecule has 0 radical (unpaired) electrons. The number of halogens is 1. The van der Waals surface area contributed by atoms with Crippen LogP contribution >= 0.6 is 0 Å². The van der Waals surface area contributed by atoms with Crippen molar-refractivity contribution in [1.82, 2.24) is 4.90 Å². The van der Waals surface area contributed by atoms with Gasteiger partial charge in [0.1, 0.15) is 5.82 Å². The highest BCUT2D eigenvalue weighted by molar-refractivity contribution is 5.95. The second-order valence-corrected chi connectivity index (χ2v) is 5.95. The van der Waals surface area contributed by atoms with Crippen LogP contribution < -0.4 is 4.74 Å². The predicted octanol–water partition coefficient (Wildman–Crippen LogP) is 3.91. The number of hydrogen-bond donors (Lipinski definition) is 1. The lowest BCUT2D eigenvalue weighted by Crippen LogP contribution is -2.38. The van der Waals surface area contributed by atoms with Crippen LogP contribution in [-0.4, -0.2) is 29.6 Å². The predicted molar refractivity (Wildman–Crippen MR) is 88.7 cm³/mol. The Morgan fingerprint density at radius 1 is 1.21 bits per heavy atom. The zero-order valence-electron chi connectivity index (χ0n) is 13.5. The summed E-state index contributed by atoms with van der Waals surface area (Å²) in [4.78, 5) is 14.8. The van der Waals surface area contributed by atoms with Gasteiger partial charge < -0.3 is 14.7 Å². The molecule has 3 rings (SSSR count).